The molecule has 0 radical (unpaired) electrons. The number of carbonyl (C=O) groups excluding carboxylic acids is 1. The predicted octanol–water partition coefficient (Wildman–Crippen LogP) is 4.77. The molecule has 3 rings (SSSR count). The molecule has 2 fully saturated rings. The summed E-state index contributed by atoms with van der Waals surface area (Å²) in [7, 11) is 0. The summed E-state index contributed by atoms with van der Waals surface area (Å²) >= 11 is 3.17. The molecule has 0 N–H and O–H groups in total. The van der Waals surface area contributed by atoms with Gasteiger partial charge in [-0.05, 0) is 59.7 Å². The topological polar surface area (TPSA) is 20.3 Å². The summed E-state index contributed by atoms with van der Waals surface area (Å²) in [5.74, 6) is 0.0252. The minimum Gasteiger partial charge on any atom is -0.335 e. The second kappa shape index (κ2) is 6.47. The van der Waals surface area contributed by atoms with Gasteiger partial charge in [0.1, 0.15) is 5.82 Å². The monoisotopic (exact) mass is 353 g/mol. The Hall–Kier alpha value is -0.900. The van der Waals surface area contributed by atoms with E-state index in [0.29, 0.717) is 16.4 Å². The van der Waals surface area contributed by atoms with Crippen molar-refractivity contribution in [3.63, 3.8) is 0 Å². The van der Waals surface area contributed by atoms with Gasteiger partial charge in [-0.25, -0.2) is 4.39 Å². The minimum atomic E-state index is -0.434. The van der Waals surface area contributed by atoms with Crippen molar-refractivity contribution >= 4 is 21.8 Å². The van der Waals surface area contributed by atoms with E-state index in [1.165, 1.54) is 32.1 Å². The summed E-state index contributed by atoms with van der Waals surface area (Å²) in [6.07, 6.45) is 8.39. The number of rotatable bonds is 4. The van der Waals surface area contributed by atoms with Crippen molar-refractivity contribution in [2.24, 2.45) is 5.92 Å². The molecule has 0 saturated heterocycles. The minimum absolute atomic E-state index is 0.137. The molecule has 0 aromatic heterocycles. The maximum Gasteiger partial charge on any atom is 0.257 e. The smallest absolute Gasteiger partial charge is 0.257 e. The molecule has 0 bridgehead atoms. The van der Waals surface area contributed by atoms with Gasteiger partial charge in [0.05, 0.1) is 10.0 Å². The van der Waals surface area contributed by atoms with Gasteiger partial charge in [0, 0.05) is 12.6 Å². The summed E-state index contributed by atoms with van der Waals surface area (Å²) < 4.78 is 14.5. The molecule has 2 aliphatic rings. The van der Waals surface area contributed by atoms with E-state index < -0.39 is 5.82 Å². The number of amides is 1. The van der Waals surface area contributed by atoms with Crippen LogP contribution in [0.5, 0.6) is 0 Å². The first-order chi connectivity index (χ1) is 10.2. The van der Waals surface area contributed by atoms with Crippen molar-refractivity contribution in [3.8, 4) is 0 Å². The van der Waals surface area contributed by atoms with Gasteiger partial charge in [-0.3, -0.25) is 4.79 Å². The zero-order chi connectivity index (χ0) is 14.8. The fourth-order valence-corrected chi connectivity index (χ4v) is 3.62. The summed E-state index contributed by atoms with van der Waals surface area (Å²) in [4.78, 5) is 14.7. The Balaban J connectivity index is 1.76. The van der Waals surface area contributed by atoms with Crippen molar-refractivity contribution in [1.29, 1.82) is 0 Å². The van der Waals surface area contributed by atoms with Gasteiger partial charge in [0.25, 0.3) is 5.91 Å². The molecule has 2 nitrogen and oxygen atoms in total. The summed E-state index contributed by atoms with van der Waals surface area (Å²) in [6.45, 7) is 0.801. The summed E-state index contributed by atoms with van der Waals surface area (Å²) in [6, 6.07) is 5.29. The molecule has 0 spiro atoms. The van der Waals surface area contributed by atoms with E-state index in [0.717, 1.165) is 19.4 Å². The van der Waals surface area contributed by atoms with Crippen LogP contribution in [-0.2, 0) is 0 Å². The predicted molar refractivity (Wildman–Crippen MR) is 84.7 cm³/mol. The Kier molecular flexibility index (Phi) is 4.63. The number of hydrogen-bond donors (Lipinski definition) is 0. The molecule has 2 aliphatic carbocycles. The molecular formula is C17H21BrFNO. The van der Waals surface area contributed by atoms with Crippen LogP contribution in [-0.4, -0.2) is 23.4 Å². The Morgan fingerprint density at radius 3 is 2.57 bits per heavy atom. The van der Waals surface area contributed by atoms with Gasteiger partial charge in [0.15, 0.2) is 0 Å². The van der Waals surface area contributed by atoms with E-state index in [2.05, 4.69) is 15.9 Å². The molecule has 1 amide bonds. The lowest BCUT2D eigenvalue weighted by Crippen LogP contribution is -2.38. The zero-order valence-corrected chi connectivity index (χ0v) is 13.7. The van der Waals surface area contributed by atoms with Crippen LogP contribution in [0.15, 0.2) is 22.7 Å². The Morgan fingerprint density at radius 2 is 1.90 bits per heavy atom. The molecule has 0 aliphatic heterocycles. The second-order valence-electron chi connectivity index (χ2n) is 6.29. The Labute approximate surface area is 133 Å². The van der Waals surface area contributed by atoms with E-state index in [4.69, 9.17) is 0 Å². The highest BCUT2D eigenvalue weighted by atomic mass is 79.9. The van der Waals surface area contributed by atoms with Crippen molar-refractivity contribution in [2.45, 2.75) is 51.0 Å². The fraction of sp³-hybridized carbons (Fsp3) is 0.588. The highest BCUT2D eigenvalue weighted by Gasteiger charge is 2.35. The largest absolute Gasteiger partial charge is 0.335 e. The first kappa shape index (κ1) is 15.0. The van der Waals surface area contributed by atoms with E-state index >= 15 is 0 Å². The molecule has 0 unspecified atom stereocenters. The first-order valence-corrected chi connectivity index (χ1v) is 8.71. The molecular weight excluding hydrogens is 333 g/mol. The molecule has 21 heavy (non-hydrogen) atoms. The zero-order valence-electron chi connectivity index (χ0n) is 12.2. The van der Waals surface area contributed by atoms with Crippen LogP contribution in [0, 0.1) is 11.7 Å². The average Bonchev–Trinajstić information content (AvgIpc) is 3.33. The van der Waals surface area contributed by atoms with Gasteiger partial charge in [-0.2, -0.15) is 0 Å². The van der Waals surface area contributed by atoms with Crippen LogP contribution >= 0.6 is 15.9 Å². The lowest BCUT2D eigenvalue weighted by atomic mass is 9.88. The van der Waals surface area contributed by atoms with Crippen molar-refractivity contribution in [1.82, 2.24) is 4.90 Å². The molecule has 0 heterocycles. The maximum atomic E-state index is 14.2. The Bertz CT molecular complexity index is 524. The third-order valence-corrected chi connectivity index (χ3v) is 5.22. The first-order valence-electron chi connectivity index (χ1n) is 7.92. The maximum absolute atomic E-state index is 14.2. The van der Waals surface area contributed by atoms with Gasteiger partial charge >= 0.3 is 0 Å². The average molecular weight is 354 g/mol. The number of hydrogen-bond acceptors (Lipinski definition) is 1. The third-order valence-electron chi connectivity index (χ3n) is 4.61. The van der Waals surface area contributed by atoms with E-state index in [1.54, 1.807) is 18.2 Å². The molecule has 114 valence electrons. The number of carbonyl (C=O) groups is 1. The van der Waals surface area contributed by atoms with Gasteiger partial charge < -0.3 is 4.90 Å². The lowest BCUT2D eigenvalue weighted by Gasteiger charge is -2.30. The Morgan fingerprint density at radius 1 is 1.19 bits per heavy atom. The van der Waals surface area contributed by atoms with Gasteiger partial charge in [-0.15, -0.1) is 0 Å². The van der Waals surface area contributed by atoms with Crippen LogP contribution in [0.2, 0.25) is 0 Å². The quantitative estimate of drug-likeness (QED) is 0.763. The normalized spacial score (nSPS) is 19.5. The molecule has 2 saturated carbocycles. The van der Waals surface area contributed by atoms with Gasteiger partial charge in [-0.1, -0.05) is 25.3 Å². The molecule has 1 aromatic rings. The van der Waals surface area contributed by atoms with Crippen molar-refractivity contribution < 1.29 is 9.18 Å². The second-order valence-corrected chi connectivity index (χ2v) is 7.15. The highest BCUT2D eigenvalue weighted by molar-refractivity contribution is 9.10. The van der Waals surface area contributed by atoms with Crippen LogP contribution in [0.4, 0.5) is 4.39 Å². The number of halogens is 2. The summed E-state index contributed by atoms with van der Waals surface area (Å²) in [5, 5.41) is 0. The van der Waals surface area contributed by atoms with Crippen molar-refractivity contribution in [2.75, 3.05) is 6.54 Å². The summed E-state index contributed by atoms with van der Waals surface area (Å²) in [5.41, 5.74) is 0.201. The number of benzene rings is 1. The highest BCUT2D eigenvalue weighted by Crippen LogP contribution is 2.33. The van der Waals surface area contributed by atoms with Gasteiger partial charge in [0.2, 0.25) is 0 Å². The van der Waals surface area contributed by atoms with E-state index in [-0.39, 0.29) is 11.5 Å². The molecule has 4 heteroatoms. The van der Waals surface area contributed by atoms with Crippen LogP contribution < -0.4 is 0 Å². The standard InChI is InChI=1S/C17H21BrFNO/c18-15-8-4-7-14(16(15)19)17(21)20(13-9-10-13)11-12-5-2-1-3-6-12/h4,7-8,12-13H,1-3,5-6,9-11H2. The van der Waals surface area contributed by atoms with E-state index in [1.807, 2.05) is 4.90 Å². The fourth-order valence-electron chi connectivity index (χ4n) is 3.26. The lowest BCUT2D eigenvalue weighted by molar-refractivity contribution is 0.0694. The van der Waals surface area contributed by atoms with E-state index in [9.17, 15) is 9.18 Å². The molecule has 1 aromatic carbocycles. The van der Waals surface area contributed by atoms with Crippen molar-refractivity contribution in [3.05, 3.63) is 34.1 Å². The van der Waals surface area contributed by atoms with Crippen LogP contribution in [0.25, 0.3) is 0 Å². The number of nitrogens with zero attached hydrogens (tertiary/aromatic N) is 1. The van der Waals surface area contributed by atoms with Crippen LogP contribution in [0.1, 0.15) is 55.3 Å². The molecule has 0 atom stereocenters. The third kappa shape index (κ3) is 3.47. The van der Waals surface area contributed by atoms with Crippen LogP contribution in [0.3, 0.4) is 0 Å². The SMILES string of the molecule is O=C(c1cccc(Br)c1F)N(CC1CCCCC1)C1CC1.